The van der Waals surface area contributed by atoms with Gasteiger partial charge in [-0.15, -0.1) is 0 Å². The molecule has 1 N–H and O–H groups in total. The van der Waals surface area contributed by atoms with Gasteiger partial charge in [-0.05, 0) is 42.3 Å². The monoisotopic (exact) mass is 268 g/mol. The Morgan fingerprint density at radius 3 is 2.50 bits per heavy atom. The number of phenols is 1. The van der Waals surface area contributed by atoms with Gasteiger partial charge >= 0.3 is 0 Å². The fourth-order valence-corrected chi connectivity index (χ4v) is 1.83. The number of ketones is 1. The maximum Gasteiger partial charge on any atom is 0.189 e. The molecule has 0 fully saturated rings. The molecule has 3 heteroatoms. The second kappa shape index (κ2) is 6.06. The molecule has 0 amide bonds. The Morgan fingerprint density at radius 2 is 1.85 bits per heavy atom. The summed E-state index contributed by atoms with van der Waals surface area (Å²) in [6.45, 7) is 1.76. The molecular weight excluding hydrogens is 252 g/mol. The van der Waals surface area contributed by atoms with Crippen molar-refractivity contribution in [3.63, 3.8) is 0 Å². The second-order valence-electron chi connectivity index (χ2n) is 4.44. The van der Waals surface area contributed by atoms with Gasteiger partial charge in [-0.2, -0.15) is 0 Å². The Hall–Kier alpha value is -2.55. The number of carbonyl (C=O) groups is 1. The third kappa shape index (κ3) is 3.06. The molecule has 2 aromatic carbocycles. The van der Waals surface area contributed by atoms with Crippen molar-refractivity contribution < 1.29 is 14.6 Å². The zero-order chi connectivity index (χ0) is 14.5. The molecule has 2 rings (SSSR count). The molecule has 2 aromatic rings. The van der Waals surface area contributed by atoms with Crippen molar-refractivity contribution in [2.45, 2.75) is 6.92 Å². The SMILES string of the molecule is COc1ccc(/C=C/C(=O)c2cccc(C)c2O)cc1. The van der Waals surface area contributed by atoms with Gasteiger partial charge in [-0.1, -0.05) is 30.3 Å². The molecule has 3 nitrogen and oxygen atoms in total. The van der Waals surface area contributed by atoms with E-state index in [9.17, 15) is 9.90 Å². The van der Waals surface area contributed by atoms with E-state index in [0.717, 1.165) is 11.3 Å². The average molecular weight is 268 g/mol. The van der Waals surface area contributed by atoms with Gasteiger partial charge < -0.3 is 9.84 Å². The van der Waals surface area contributed by atoms with Gasteiger partial charge in [0.05, 0.1) is 12.7 Å². The van der Waals surface area contributed by atoms with Crippen LogP contribution >= 0.6 is 0 Å². The van der Waals surface area contributed by atoms with Gasteiger partial charge in [0, 0.05) is 0 Å². The number of hydrogen-bond acceptors (Lipinski definition) is 3. The smallest absolute Gasteiger partial charge is 0.189 e. The summed E-state index contributed by atoms with van der Waals surface area (Å²) in [5, 5.41) is 9.86. The number of para-hydroxylation sites is 1. The summed E-state index contributed by atoms with van der Waals surface area (Å²) in [6, 6.07) is 12.5. The van der Waals surface area contributed by atoms with E-state index in [2.05, 4.69) is 0 Å². The van der Waals surface area contributed by atoms with E-state index in [4.69, 9.17) is 4.74 Å². The van der Waals surface area contributed by atoms with E-state index >= 15 is 0 Å². The maximum absolute atomic E-state index is 12.0. The van der Waals surface area contributed by atoms with Crippen LogP contribution in [0.5, 0.6) is 11.5 Å². The number of methoxy groups -OCH3 is 1. The van der Waals surface area contributed by atoms with Crippen molar-refractivity contribution in [1.82, 2.24) is 0 Å². The molecule has 0 aliphatic heterocycles. The summed E-state index contributed by atoms with van der Waals surface area (Å²) in [7, 11) is 1.61. The van der Waals surface area contributed by atoms with Crippen LogP contribution in [-0.2, 0) is 0 Å². The number of benzene rings is 2. The normalized spacial score (nSPS) is 10.7. The van der Waals surface area contributed by atoms with E-state index in [-0.39, 0.29) is 11.5 Å². The minimum absolute atomic E-state index is 0.0388. The van der Waals surface area contributed by atoms with Crippen LogP contribution in [0.15, 0.2) is 48.5 Å². The number of hydrogen-bond donors (Lipinski definition) is 1. The molecule has 0 spiro atoms. The van der Waals surface area contributed by atoms with E-state index in [0.29, 0.717) is 11.1 Å². The van der Waals surface area contributed by atoms with Crippen molar-refractivity contribution in [2.75, 3.05) is 7.11 Å². The molecule has 0 radical (unpaired) electrons. The summed E-state index contributed by atoms with van der Waals surface area (Å²) in [5.74, 6) is 0.587. The third-order valence-electron chi connectivity index (χ3n) is 3.05. The molecule has 0 heterocycles. The number of rotatable bonds is 4. The molecule has 0 unspecified atom stereocenters. The Labute approximate surface area is 118 Å². The average Bonchev–Trinajstić information content (AvgIpc) is 2.48. The Kier molecular flexibility index (Phi) is 4.20. The van der Waals surface area contributed by atoms with Gasteiger partial charge in [0.1, 0.15) is 11.5 Å². The Morgan fingerprint density at radius 1 is 1.15 bits per heavy atom. The highest BCUT2D eigenvalue weighted by Crippen LogP contribution is 2.22. The highest BCUT2D eigenvalue weighted by atomic mass is 16.5. The molecule has 102 valence electrons. The topological polar surface area (TPSA) is 46.5 Å². The van der Waals surface area contributed by atoms with Crippen LogP contribution in [0.25, 0.3) is 6.08 Å². The largest absolute Gasteiger partial charge is 0.507 e. The number of aromatic hydroxyl groups is 1. The van der Waals surface area contributed by atoms with Crippen LogP contribution in [0.3, 0.4) is 0 Å². The lowest BCUT2D eigenvalue weighted by Gasteiger charge is -2.03. The van der Waals surface area contributed by atoms with E-state index in [1.54, 1.807) is 38.3 Å². The fourth-order valence-electron chi connectivity index (χ4n) is 1.83. The number of ether oxygens (including phenoxy) is 1. The lowest BCUT2D eigenvalue weighted by Crippen LogP contribution is -1.95. The number of phenolic OH excluding ortho intramolecular Hbond substituents is 1. The van der Waals surface area contributed by atoms with Crippen molar-refractivity contribution in [2.24, 2.45) is 0 Å². The van der Waals surface area contributed by atoms with Crippen molar-refractivity contribution in [3.8, 4) is 11.5 Å². The first-order valence-corrected chi connectivity index (χ1v) is 6.27. The number of allylic oxidation sites excluding steroid dienone is 1. The van der Waals surface area contributed by atoms with Crippen LogP contribution in [-0.4, -0.2) is 18.0 Å². The molecule has 20 heavy (non-hydrogen) atoms. The van der Waals surface area contributed by atoms with Gasteiger partial charge in [0.2, 0.25) is 0 Å². The zero-order valence-electron chi connectivity index (χ0n) is 11.5. The van der Waals surface area contributed by atoms with E-state index in [1.807, 2.05) is 24.3 Å². The summed E-state index contributed by atoms with van der Waals surface area (Å²) in [6.07, 6.45) is 3.17. The van der Waals surface area contributed by atoms with Crippen molar-refractivity contribution in [3.05, 3.63) is 65.2 Å². The number of aryl methyl sites for hydroxylation is 1. The lowest BCUT2D eigenvalue weighted by atomic mass is 10.0. The molecule has 0 aliphatic rings. The predicted molar refractivity (Wildman–Crippen MR) is 79.2 cm³/mol. The lowest BCUT2D eigenvalue weighted by molar-refractivity contribution is 0.104. The molecular formula is C17H16O3. The van der Waals surface area contributed by atoms with Crippen molar-refractivity contribution in [1.29, 1.82) is 0 Å². The molecule has 0 aliphatic carbocycles. The van der Waals surface area contributed by atoms with Crippen LogP contribution in [0.4, 0.5) is 0 Å². The van der Waals surface area contributed by atoms with Crippen LogP contribution in [0, 0.1) is 6.92 Å². The van der Waals surface area contributed by atoms with Crippen LogP contribution in [0.2, 0.25) is 0 Å². The highest BCUT2D eigenvalue weighted by Gasteiger charge is 2.09. The van der Waals surface area contributed by atoms with Crippen molar-refractivity contribution >= 4 is 11.9 Å². The Bertz CT molecular complexity index is 640. The second-order valence-corrected chi connectivity index (χ2v) is 4.44. The molecule has 0 aromatic heterocycles. The molecule has 0 saturated carbocycles. The first-order valence-electron chi connectivity index (χ1n) is 6.27. The van der Waals surface area contributed by atoms with Gasteiger partial charge in [-0.25, -0.2) is 0 Å². The maximum atomic E-state index is 12.0. The first-order chi connectivity index (χ1) is 9.61. The standard InChI is InChI=1S/C17H16O3/c1-12-4-3-5-15(17(12)19)16(18)11-8-13-6-9-14(20-2)10-7-13/h3-11,19H,1-2H3/b11-8+. The fraction of sp³-hybridized carbons (Fsp3) is 0.118. The zero-order valence-corrected chi connectivity index (χ0v) is 11.5. The molecule has 0 saturated heterocycles. The van der Waals surface area contributed by atoms with Crippen LogP contribution in [0.1, 0.15) is 21.5 Å². The molecule has 0 atom stereocenters. The summed E-state index contributed by atoms with van der Waals surface area (Å²) >= 11 is 0. The van der Waals surface area contributed by atoms with Gasteiger partial charge in [-0.3, -0.25) is 4.79 Å². The van der Waals surface area contributed by atoms with E-state index in [1.165, 1.54) is 6.08 Å². The first kappa shape index (κ1) is 13.9. The highest BCUT2D eigenvalue weighted by molar-refractivity contribution is 6.08. The van der Waals surface area contributed by atoms with E-state index < -0.39 is 0 Å². The third-order valence-corrected chi connectivity index (χ3v) is 3.05. The summed E-state index contributed by atoms with van der Waals surface area (Å²) < 4.78 is 5.07. The molecule has 0 bridgehead atoms. The summed E-state index contributed by atoms with van der Waals surface area (Å²) in [5.41, 5.74) is 1.90. The van der Waals surface area contributed by atoms with Gasteiger partial charge in [0.25, 0.3) is 0 Å². The number of carbonyl (C=O) groups excluding carboxylic acids is 1. The minimum Gasteiger partial charge on any atom is -0.507 e. The van der Waals surface area contributed by atoms with Crippen LogP contribution < -0.4 is 4.74 Å². The van der Waals surface area contributed by atoms with Gasteiger partial charge in [0.15, 0.2) is 5.78 Å². The Balaban J connectivity index is 2.18. The predicted octanol–water partition coefficient (Wildman–Crippen LogP) is 3.61. The minimum atomic E-state index is -0.220. The summed E-state index contributed by atoms with van der Waals surface area (Å²) in [4.78, 5) is 12.0. The quantitative estimate of drug-likeness (QED) is 0.680.